The van der Waals surface area contributed by atoms with E-state index in [1.165, 1.54) is 18.4 Å². The summed E-state index contributed by atoms with van der Waals surface area (Å²) in [6.07, 6.45) is 1.57. The molecule has 1 aromatic carbocycles. The zero-order valence-electron chi connectivity index (χ0n) is 11.4. The summed E-state index contributed by atoms with van der Waals surface area (Å²) in [5.74, 6) is 0.315. The molecule has 1 aromatic heterocycles. The van der Waals surface area contributed by atoms with E-state index in [1.807, 2.05) is 0 Å². The Morgan fingerprint density at radius 2 is 2.00 bits per heavy atom. The second-order valence-electron chi connectivity index (χ2n) is 4.50. The molecule has 3 N–H and O–H groups in total. The molecule has 0 radical (unpaired) electrons. The molecule has 0 aliphatic heterocycles. The highest BCUT2D eigenvalue weighted by Gasteiger charge is 2.09. The Labute approximate surface area is 122 Å². The molecular formula is C13H15N3O4S. The van der Waals surface area contributed by atoms with E-state index in [0.29, 0.717) is 18.1 Å². The third kappa shape index (κ3) is 4.40. The summed E-state index contributed by atoms with van der Waals surface area (Å²) in [4.78, 5) is 15.8. The van der Waals surface area contributed by atoms with Crippen molar-refractivity contribution in [3.8, 4) is 0 Å². The monoisotopic (exact) mass is 309 g/mol. The van der Waals surface area contributed by atoms with Crippen LogP contribution in [0.5, 0.6) is 0 Å². The molecule has 1 heterocycles. The van der Waals surface area contributed by atoms with E-state index in [9.17, 15) is 13.2 Å². The summed E-state index contributed by atoms with van der Waals surface area (Å²) in [7, 11) is -3.70. The SMILES string of the molecule is Cc1nc(CC(=O)NCc2ccc(S(N)(=O)=O)cc2)co1. The van der Waals surface area contributed by atoms with Crippen LogP contribution in [-0.2, 0) is 27.8 Å². The fraction of sp³-hybridized carbons (Fsp3) is 0.231. The normalized spacial score (nSPS) is 11.3. The van der Waals surface area contributed by atoms with Gasteiger partial charge in [0.05, 0.1) is 17.0 Å². The van der Waals surface area contributed by atoms with Crippen molar-refractivity contribution in [3.63, 3.8) is 0 Å². The van der Waals surface area contributed by atoms with Crippen LogP contribution in [0.15, 0.2) is 39.8 Å². The molecule has 2 aromatic rings. The van der Waals surface area contributed by atoms with Crippen LogP contribution in [0.2, 0.25) is 0 Å². The Bertz CT molecular complexity index is 735. The zero-order valence-corrected chi connectivity index (χ0v) is 12.2. The van der Waals surface area contributed by atoms with Gasteiger partial charge in [0.25, 0.3) is 0 Å². The van der Waals surface area contributed by atoms with Gasteiger partial charge < -0.3 is 9.73 Å². The van der Waals surface area contributed by atoms with E-state index in [0.717, 1.165) is 5.56 Å². The third-order valence-electron chi connectivity index (χ3n) is 2.75. The molecule has 1 amide bonds. The Morgan fingerprint density at radius 1 is 1.33 bits per heavy atom. The Hall–Kier alpha value is -2.19. The van der Waals surface area contributed by atoms with E-state index < -0.39 is 10.0 Å². The maximum absolute atomic E-state index is 11.7. The lowest BCUT2D eigenvalue weighted by atomic mass is 10.2. The van der Waals surface area contributed by atoms with E-state index >= 15 is 0 Å². The maximum atomic E-state index is 11.7. The molecular weight excluding hydrogens is 294 g/mol. The van der Waals surface area contributed by atoms with Gasteiger partial charge in [-0.2, -0.15) is 0 Å². The minimum Gasteiger partial charge on any atom is -0.449 e. The first kappa shape index (κ1) is 15.2. The number of carbonyl (C=O) groups is 1. The average Bonchev–Trinajstić information content (AvgIpc) is 2.81. The average molecular weight is 309 g/mol. The van der Waals surface area contributed by atoms with Gasteiger partial charge in [-0.1, -0.05) is 12.1 Å². The second-order valence-corrected chi connectivity index (χ2v) is 6.06. The van der Waals surface area contributed by atoms with Crippen LogP contribution in [0.4, 0.5) is 0 Å². The Kier molecular flexibility index (Phi) is 4.39. The highest BCUT2D eigenvalue weighted by Crippen LogP contribution is 2.08. The van der Waals surface area contributed by atoms with Crippen molar-refractivity contribution in [2.24, 2.45) is 5.14 Å². The van der Waals surface area contributed by atoms with Crippen molar-refractivity contribution in [2.45, 2.75) is 24.8 Å². The maximum Gasteiger partial charge on any atom is 0.238 e. The van der Waals surface area contributed by atoms with Crippen LogP contribution in [-0.4, -0.2) is 19.3 Å². The molecule has 7 nitrogen and oxygen atoms in total. The summed E-state index contributed by atoms with van der Waals surface area (Å²) in [5, 5.41) is 7.72. The first-order valence-corrected chi connectivity index (χ1v) is 7.68. The lowest BCUT2D eigenvalue weighted by molar-refractivity contribution is -0.120. The van der Waals surface area contributed by atoms with Gasteiger partial charge in [0, 0.05) is 13.5 Å². The van der Waals surface area contributed by atoms with Gasteiger partial charge in [0.2, 0.25) is 15.9 Å². The van der Waals surface area contributed by atoms with Gasteiger partial charge in [-0.05, 0) is 17.7 Å². The summed E-state index contributed by atoms with van der Waals surface area (Å²) >= 11 is 0. The number of hydrogen-bond acceptors (Lipinski definition) is 5. The smallest absolute Gasteiger partial charge is 0.238 e. The molecule has 8 heteroatoms. The van der Waals surface area contributed by atoms with Crippen molar-refractivity contribution in [3.05, 3.63) is 47.7 Å². The van der Waals surface area contributed by atoms with Gasteiger partial charge in [0.1, 0.15) is 6.26 Å². The van der Waals surface area contributed by atoms with Gasteiger partial charge in [-0.3, -0.25) is 4.79 Å². The van der Waals surface area contributed by atoms with Crippen molar-refractivity contribution in [1.29, 1.82) is 0 Å². The lowest BCUT2D eigenvalue weighted by Crippen LogP contribution is -2.24. The first-order chi connectivity index (χ1) is 9.84. The number of sulfonamides is 1. The van der Waals surface area contributed by atoms with Crippen molar-refractivity contribution in [2.75, 3.05) is 0 Å². The molecule has 0 aliphatic rings. The molecule has 112 valence electrons. The molecule has 0 saturated carbocycles. The molecule has 0 bridgehead atoms. The van der Waals surface area contributed by atoms with Gasteiger partial charge in [0.15, 0.2) is 5.89 Å². The fourth-order valence-corrected chi connectivity index (χ4v) is 2.23. The number of amides is 1. The van der Waals surface area contributed by atoms with Crippen molar-refractivity contribution < 1.29 is 17.6 Å². The number of aryl methyl sites for hydroxylation is 1. The number of nitrogens with zero attached hydrogens (tertiary/aromatic N) is 1. The van der Waals surface area contributed by atoms with Crippen LogP contribution in [0.25, 0.3) is 0 Å². The van der Waals surface area contributed by atoms with Gasteiger partial charge in [-0.25, -0.2) is 18.5 Å². The highest BCUT2D eigenvalue weighted by molar-refractivity contribution is 7.89. The number of primary sulfonamides is 1. The van der Waals surface area contributed by atoms with Crippen LogP contribution in [0.3, 0.4) is 0 Å². The minimum absolute atomic E-state index is 0.0376. The molecule has 0 aliphatic carbocycles. The fourth-order valence-electron chi connectivity index (χ4n) is 1.71. The van der Waals surface area contributed by atoms with E-state index in [1.54, 1.807) is 19.1 Å². The van der Waals surface area contributed by atoms with Crippen LogP contribution >= 0.6 is 0 Å². The van der Waals surface area contributed by atoms with Crippen LogP contribution in [0, 0.1) is 6.92 Å². The minimum atomic E-state index is -3.70. The number of rotatable bonds is 5. The standard InChI is InChI=1S/C13H15N3O4S/c1-9-16-11(8-20-9)6-13(17)15-7-10-2-4-12(5-3-10)21(14,18)19/h2-5,8H,6-7H2,1H3,(H,15,17)(H2,14,18,19). The number of nitrogens with two attached hydrogens (primary N) is 1. The predicted molar refractivity (Wildman–Crippen MR) is 74.6 cm³/mol. The summed E-state index contributed by atoms with van der Waals surface area (Å²) in [6, 6.07) is 6.00. The highest BCUT2D eigenvalue weighted by atomic mass is 32.2. The zero-order chi connectivity index (χ0) is 15.5. The lowest BCUT2D eigenvalue weighted by Gasteiger charge is -2.05. The molecule has 2 rings (SSSR count). The molecule has 21 heavy (non-hydrogen) atoms. The van der Waals surface area contributed by atoms with Crippen molar-refractivity contribution >= 4 is 15.9 Å². The third-order valence-corrected chi connectivity index (χ3v) is 3.68. The number of nitrogens with one attached hydrogen (secondary N) is 1. The number of oxazole rings is 1. The van der Waals surface area contributed by atoms with Crippen LogP contribution < -0.4 is 10.5 Å². The number of carbonyl (C=O) groups excluding carboxylic acids is 1. The summed E-state index contributed by atoms with van der Waals surface area (Å²) < 4.78 is 27.2. The number of benzene rings is 1. The largest absolute Gasteiger partial charge is 0.449 e. The van der Waals surface area contributed by atoms with Crippen molar-refractivity contribution in [1.82, 2.24) is 10.3 Å². The molecule has 0 unspecified atom stereocenters. The number of hydrogen-bond donors (Lipinski definition) is 2. The van der Waals surface area contributed by atoms with E-state index in [-0.39, 0.29) is 17.2 Å². The first-order valence-electron chi connectivity index (χ1n) is 6.14. The van der Waals surface area contributed by atoms with Gasteiger partial charge in [-0.15, -0.1) is 0 Å². The van der Waals surface area contributed by atoms with E-state index in [4.69, 9.17) is 9.56 Å². The predicted octanol–water partition coefficient (Wildman–Crippen LogP) is 0.489. The topological polar surface area (TPSA) is 115 Å². The van der Waals surface area contributed by atoms with Crippen LogP contribution in [0.1, 0.15) is 17.1 Å². The van der Waals surface area contributed by atoms with E-state index in [2.05, 4.69) is 10.3 Å². The molecule has 0 spiro atoms. The number of aromatic nitrogens is 1. The summed E-state index contributed by atoms with van der Waals surface area (Å²) in [6.45, 7) is 2.00. The Balaban J connectivity index is 1.89. The summed E-state index contributed by atoms with van der Waals surface area (Å²) in [5.41, 5.74) is 1.33. The Morgan fingerprint density at radius 3 is 2.52 bits per heavy atom. The quantitative estimate of drug-likeness (QED) is 0.834. The second kappa shape index (κ2) is 6.06. The molecule has 0 atom stereocenters. The molecule has 0 fully saturated rings. The van der Waals surface area contributed by atoms with Gasteiger partial charge >= 0.3 is 0 Å². The molecule has 0 saturated heterocycles.